The molecular formula is C9H19N. The van der Waals surface area contributed by atoms with Gasteiger partial charge in [-0.25, -0.2) is 0 Å². The summed E-state index contributed by atoms with van der Waals surface area (Å²) >= 11 is 0. The van der Waals surface area contributed by atoms with Gasteiger partial charge in [-0.2, -0.15) is 0 Å². The first kappa shape index (κ1) is 8.06. The fourth-order valence-electron chi connectivity index (χ4n) is 1.46. The van der Waals surface area contributed by atoms with Gasteiger partial charge in [0.2, 0.25) is 0 Å². The number of hydrogen-bond acceptors (Lipinski definition) is 1. The molecule has 0 N–H and O–H groups in total. The summed E-state index contributed by atoms with van der Waals surface area (Å²) in [5, 5.41) is 0. The lowest BCUT2D eigenvalue weighted by atomic mass is 9.93. The van der Waals surface area contributed by atoms with Crippen molar-refractivity contribution in [1.82, 2.24) is 4.90 Å². The second kappa shape index (κ2) is 2.54. The van der Waals surface area contributed by atoms with Gasteiger partial charge < -0.3 is 4.90 Å². The Kier molecular flexibility index (Phi) is 2.04. The molecule has 1 nitrogen and oxygen atoms in total. The minimum Gasteiger partial charge on any atom is -0.309 e. The fraction of sp³-hybridized carbons (Fsp3) is 1.00. The molecule has 1 rings (SSSR count). The van der Waals surface area contributed by atoms with Crippen LogP contribution in [0.5, 0.6) is 0 Å². The van der Waals surface area contributed by atoms with Crippen LogP contribution in [0.1, 0.15) is 26.7 Å². The Balaban J connectivity index is 2.28. The molecule has 10 heavy (non-hydrogen) atoms. The molecule has 0 aromatic carbocycles. The summed E-state index contributed by atoms with van der Waals surface area (Å²) in [5.41, 5.74) is 0.699. The maximum atomic E-state index is 2.40. The average Bonchev–Trinajstić information content (AvgIpc) is 2.47. The van der Waals surface area contributed by atoms with Gasteiger partial charge in [-0.15, -0.1) is 0 Å². The summed E-state index contributed by atoms with van der Waals surface area (Å²) in [6.45, 7) is 6.02. The van der Waals surface area contributed by atoms with E-state index in [1.165, 1.54) is 19.4 Å². The molecular weight excluding hydrogens is 122 g/mol. The van der Waals surface area contributed by atoms with Crippen LogP contribution in [0, 0.1) is 11.3 Å². The summed E-state index contributed by atoms with van der Waals surface area (Å²) in [5.74, 6) is 0.877. The zero-order chi connectivity index (χ0) is 7.78. The Morgan fingerprint density at radius 1 is 1.40 bits per heavy atom. The van der Waals surface area contributed by atoms with E-state index in [9.17, 15) is 0 Å². The normalized spacial score (nSPS) is 24.9. The Morgan fingerprint density at radius 2 is 1.90 bits per heavy atom. The molecule has 0 aromatic rings. The van der Waals surface area contributed by atoms with E-state index >= 15 is 0 Å². The summed E-state index contributed by atoms with van der Waals surface area (Å²) in [7, 11) is 4.31. The first-order valence-electron chi connectivity index (χ1n) is 4.19. The molecule has 0 amide bonds. The highest BCUT2D eigenvalue weighted by molar-refractivity contribution is 4.93. The molecule has 0 aliphatic heterocycles. The standard InChI is InChI=1S/C9H19N/c1-8(7-10(3)4)9(2)5-6-9/h8H,5-7H2,1-4H3. The van der Waals surface area contributed by atoms with Crippen molar-refractivity contribution < 1.29 is 0 Å². The van der Waals surface area contributed by atoms with Crippen LogP contribution in [0.25, 0.3) is 0 Å². The van der Waals surface area contributed by atoms with E-state index in [-0.39, 0.29) is 0 Å². The van der Waals surface area contributed by atoms with Gasteiger partial charge in [0.05, 0.1) is 0 Å². The monoisotopic (exact) mass is 141 g/mol. The lowest BCUT2D eigenvalue weighted by molar-refractivity contribution is 0.260. The van der Waals surface area contributed by atoms with Gasteiger partial charge in [-0.1, -0.05) is 13.8 Å². The molecule has 1 unspecified atom stereocenters. The summed E-state index contributed by atoms with van der Waals surface area (Å²) in [4.78, 5) is 2.29. The molecule has 1 aliphatic rings. The van der Waals surface area contributed by atoms with E-state index in [1.807, 2.05) is 0 Å². The third-order valence-corrected chi connectivity index (χ3v) is 2.87. The highest BCUT2D eigenvalue weighted by Gasteiger charge is 2.42. The van der Waals surface area contributed by atoms with E-state index in [2.05, 4.69) is 32.8 Å². The summed E-state index contributed by atoms with van der Waals surface area (Å²) in [6, 6.07) is 0. The highest BCUT2D eigenvalue weighted by atomic mass is 15.1. The van der Waals surface area contributed by atoms with Crippen LogP contribution < -0.4 is 0 Å². The SMILES string of the molecule is CC(CN(C)C)C1(C)CC1. The Hall–Kier alpha value is -0.0400. The van der Waals surface area contributed by atoms with Crippen molar-refractivity contribution in [2.75, 3.05) is 20.6 Å². The van der Waals surface area contributed by atoms with Crippen molar-refractivity contribution in [1.29, 1.82) is 0 Å². The topological polar surface area (TPSA) is 3.24 Å². The van der Waals surface area contributed by atoms with E-state index in [0.29, 0.717) is 5.41 Å². The third-order valence-electron chi connectivity index (χ3n) is 2.87. The molecule has 1 heteroatoms. The predicted octanol–water partition coefficient (Wildman–Crippen LogP) is 1.98. The predicted molar refractivity (Wildman–Crippen MR) is 45.1 cm³/mol. The first-order valence-corrected chi connectivity index (χ1v) is 4.19. The van der Waals surface area contributed by atoms with Crippen molar-refractivity contribution in [3.8, 4) is 0 Å². The van der Waals surface area contributed by atoms with Gasteiger partial charge in [0.15, 0.2) is 0 Å². The van der Waals surface area contributed by atoms with Crippen LogP contribution >= 0.6 is 0 Å². The molecule has 0 bridgehead atoms. The Labute approximate surface area is 64.4 Å². The van der Waals surface area contributed by atoms with Crippen molar-refractivity contribution in [2.45, 2.75) is 26.7 Å². The zero-order valence-electron chi connectivity index (χ0n) is 7.65. The molecule has 0 radical (unpaired) electrons. The Bertz CT molecular complexity index is 114. The fourth-order valence-corrected chi connectivity index (χ4v) is 1.46. The van der Waals surface area contributed by atoms with Crippen LogP contribution in [-0.4, -0.2) is 25.5 Å². The summed E-state index contributed by atoms with van der Waals surface area (Å²) < 4.78 is 0. The quantitative estimate of drug-likeness (QED) is 0.581. The lowest BCUT2D eigenvalue weighted by Crippen LogP contribution is -2.24. The van der Waals surface area contributed by atoms with Crippen LogP contribution in [-0.2, 0) is 0 Å². The van der Waals surface area contributed by atoms with E-state index in [1.54, 1.807) is 0 Å². The van der Waals surface area contributed by atoms with Crippen LogP contribution in [0.3, 0.4) is 0 Å². The number of nitrogens with zero attached hydrogens (tertiary/aromatic N) is 1. The van der Waals surface area contributed by atoms with Gasteiger partial charge in [0, 0.05) is 6.54 Å². The average molecular weight is 141 g/mol. The minimum absolute atomic E-state index is 0.699. The van der Waals surface area contributed by atoms with Gasteiger partial charge in [0.1, 0.15) is 0 Å². The van der Waals surface area contributed by atoms with Crippen molar-refractivity contribution in [3.63, 3.8) is 0 Å². The Morgan fingerprint density at radius 3 is 2.20 bits per heavy atom. The van der Waals surface area contributed by atoms with Crippen LogP contribution in [0.4, 0.5) is 0 Å². The molecule has 0 aromatic heterocycles. The van der Waals surface area contributed by atoms with E-state index < -0.39 is 0 Å². The molecule has 1 atom stereocenters. The summed E-state index contributed by atoms with van der Waals surface area (Å²) in [6.07, 6.45) is 2.89. The molecule has 60 valence electrons. The highest BCUT2D eigenvalue weighted by Crippen LogP contribution is 2.51. The van der Waals surface area contributed by atoms with Crippen molar-refractivity contribution in [2.24, 2.45) is 11.3 Å². The maximum absolute atomic E-state index is 2.40. The maximum Gasteiger partial charge on any atom is 0.000612 e. The second-order valence-corrected chi connectivity index (χ2v) is 4.32. The van der Waals surface area contributed by atoms with E-state index in [4.69, 9.17) is 0 Å². The minimum atomic E-state index is 0.699. The molecule has 0 heterocycles. The van der Waals surface area contributed by atoms with Gasteiger partial charge in [-0.3, -0.25) is 0 Å². The lowest BCUT2D eigenvalue weighted by Gasteiger charge is -2.22. The van der Waals surface area contributed by atoms with Crippen LogP contribution in [0.15, 0.2) is 0 Å². The molecule has 1 saturated carbocycles. The second-order valence-electron chi connectivity index (χ2n) is 4.32. The van der Waals surface area contributed by atoms with Gasteiger partial charge in [0.25, 0.3) is 0 Å². The third kappa shape index (κ3) is 1.72. The van der Waals surface area contributed by atoms with E-state index in [0.717, 1.165) is 5.92 Å². The molecule has 0 saturated heterocycles. The van der Waals surface area contributed by atoms with Gasteiger partial charge in [-0.05, 0) is 38.3 Å². The number of hydrogen-bond donors (Lipinski definition) is 0. The molecule has 1 aliphatic carbocycles. The largest absolute Gasteiger partial charge is 0.309 e. The van der Waals surface area contributed by atoms with Crippen molar-refractivity contribution in [3.05, 3.63) is 0 Å². The smallest absolute Gasteiger partial charge is 0.000612 e. The molecule has 0 spiro atoms. The number of rotatable bonds is 3. The first-order chi connectivity index (χ1) is 4.54. The molecule has 1 fully saturated rings. The van der Waals surface area contributed by atoms with Gasteiger partial charge >= 0.3 is 0 Å². The van der Waals surface area contributed by atoms with Crippen LogP contribution in [0.2, 0.25) is 0 Å². The zero-order valence-corrected chi connectivity index (χ0v) is 7.65. The van der Waals surface area contributed by atoms with Crippen molar-refractivity contribution >= 4 is 0 Å².